The first-order valence-electron chi connectivity index (χ1n) is 9.73. The first-order chi connectivity index (χ1) is 12.2. The Bertz CT molecular complexity index is 564. The summed E-state index contributed by atoms with van der Waals surface area (Å²) in [4.78, 5) is 12.6. The molecule has 2 aliphatic rings. The molecule has 0 radical (unpaired) electrons. The molecule has 0 unspecified atom stereocenters. The summed E-state index contributed by atoms with van der Waals surface area (Å²) in [6.45, 7) is 4.27. The minimum absolute atomic E-state index is 0.0877. The van der Waals surface area contributed by atoms with E-state index in [-0.39, 0.29) is 11.2 Å². The number of thioether (sulfide) groups is 1. The zero-order chi connectivity index (χ0) is 17.6. The van der Waals surface area contributed by atoms with Crippen LogP contribution in [-0.2, 0) is 18.3 Å². The van der Waals surface area contributed by atoms with E-state index in [2.05, 4.69) is 32.3 Å². The van der Waals surface area contributed by atoms with Crippen LogP contribution in [0.1, 0.15) is 57.7 Å². The van der Waals surface area contributed by atoms with Gasteiger partial charge in [0.05, 0.1) is 5.25 Å². The average molecular weight is 366 g/mol. The first kappa shape index (κ1) is 18.7. The molecule has 6 nitrogen and oxygen atoms in total. The van der Waals surface area contributed by atoms with Crippen LogP contribution in [0.2, 0.25) is 0 Å². The van der Waals surface area contributed by atoms with Crippen molar-refractivity contribution in [2.75, 3.05) is 13.1 Å². The fourth-order valence-corrected chi connectivity index (χ4v) is 4.73. The lowest BCUT2D eigenvalue weighted by atomic mass is 9.94. The van der Waals surface area contributed by atoms with Gasteiger partial charge in [-0.15, -0.1) is 10.2 Å². The van der Waals surface area contributed by atoms with E-state index < -0.39 is 0 Å². The highest BCUT2D eigenvalue weighted by Gasteiger charge is 2.25. The van der Waals surface area contributed by atoms with Gasteiger partial charge in [-0.3, -0.25) is 4.79 Å². The van der Waals surface area contributed by atoms with Gasteiger partial charge in [0.2, 0.25) is 5.91 Å². The molecule has 0 aromatic carbocycles. The maximum Gasteiger partial charge on any atom is 0.233 e. The largest absolute Gasteiger partial charge is 0.352 e. The highest BCUT2D eigenvalue weighted by atomic mass is 32.2. The van der Waals surface area contributed by atoms with Crippen molar-refractivity contribution in [1.29, 1.82) is 0 Å². The van der Waals surface area contributed by atoms with Crippen molar-refractivity contribution >= 4 is 17.7 Å². The molecule has 7 heteroatoms. The molecular formula is C18H31N5OS. The van der Waals surface area contributed by atoms with Gasteiger partial charge in [-0.2, -0.15) is 0 Å². The van der Waals surface area contributed by atoms with Crippen molar-refractivity contribution in [2.24, 2.45) is 13.0 Å². The fourth-order valence-electron chi connectivity index (χ4n) is 3.78. The van der Waals surface area contributed by atoms with E-state index >= 15 is 0 Å². The van der Waals surface area contributed by atoms with Gasteiger partial charge in [0.15, 0.2) is 5.16 Å². The standard InChI is InChI=1S/C18H31N5OS/c1-3-15(17(24)20-14-6-4-5-7-14)25-18-22-21-16(23(18)2)12-13-8-10-19-11-9-13/h13-15,19H,3-12H2,1-2H3,(H,20,24)/t15-/m1/s1. The number of rotatable bonds is 7. The Kier molecular flexibility index (Phi) is 6.76. The molecule has 140 valence electrons. The predicted octanol–water partition coefficient (Wildman–Crippen LogP) is 2.29. The molecule has 0 spiro atoms. The van der Waals surface area contributed by atoms with E-state index in [1.165, 1.54) is 25.7 Å². The van der Waals surface area contributed by atoms with Crippen molar-refractivity contribution in [1.82, 2.24) is 25.4 Å². The van der Waals surface area contributed by atoms with Gasteiger partial charge < -0.3 is 15.2 Å². The van der Waals surface area contributed by atoms with Crippen LogP contribution in [0.4, 0.5) is 0 Å². The fraction of sp³-hybridized carbons (Fsp3) is 0.833. The molecule has 0 bridgehead atoms. The number of carbonyl (C=O) groups excluding carboxylic acids is 1. The van der Waals surface area contributed by atoms with E-state index in [1.807, 2.05) is 7.05 Å². The Morgan fingerprint density at radius 3 is 2.68 bits per heavy atom. The highest BCUT2D eigenvalue weighted by molar-refractivity contribution is 8.00. The number of aromatic nitrogens is 3. The SMILES string of the molecule is CC[C@@H](Sc1nnc(CC2CCNCC2)n1C)C(=O)NC1CCCC1. The summed E-state index contributed by atoms with van der Waals surface area (Å²) < 4.78 is 2.08. The summed E-state index contributed by atoms with van der Waals surface area (Å²) in [6, 6.07) is 0.372. The van der Waals surface area contributed by atoms with Gasteiger partial charge in [0, 0.05) is 19.5 Å². The molecule has 1 aliphatic carbocycles. The lowest BCUT2D eigenvalue weighted by molar-refractivity contribution is -0.121. The monoisotopic (exact) mass is 365 g/mol. The smallest absolute Gasteiger partial charge is 0.233 e. The maximum atomic E-state index is 12.6. The Labute approximate surface area is 154 Å². The number of nitrogens with zero attached hydrogens (tertiary/aromatic N) is 3. The topological polar surface area (TPSA) is 71.8 Å². The summed E-state index contributed by atoms with van der Waals surface area (Å²) in [6.07, 6.45) is 8.91. The molecule has 2 fully saturated rings. The van der Waals surface area contributed by atoms with Gasteiger partial charge in [-0.25, -0.2) is 0 Å². The van der Waals surface area contributed by atoms with Crippen LogP contribution < -0.4 is 10.6 Å². The molecule has 2 N–H and O–H groups in total. The quantitative estimate of drug-likeness (QED) is 0.726. The molecule has 1 atom stereocenters. The van der Waals surface area contributed by atoms with Crippen molar-refractivity contribution in [3.8, 4) is 0 Å². The second kappa shape index (κ2) is 9.03. The first-order valence-corrected chi connectivity index (χ1v) is 10.6. The predicted molar refractivity (Wildman–Crippen MR) is 101 cm³/mol. The Morgan fingerprint density at radius 2 is 2.00 bits per heavy atom. The molecule has 1 saturated heterocycles. The van der Waals surface area contributed by atoms with E-state index in [1.54, 1.807) is 11.8 Å². The van der Waals surface area contributed by atoms with Crippen molar-refractivity contribution in [3.05, 3.63) is 5.82 Å². The van der Waals surface area contributed by atoms with Gasteiger partial charge in [0.25, 0.3) is 0 Å². The highest BCUT2D eigenvalue weighted by Crippen LogP contribution is 2.26. The Morgan fingerprint density at radius 1 is 1.28 bits per heavy atom. The van der Waals surface area contributed by atoms with Crippen LogP contribution in [0, 0.1) is 5.92 Å². The molecule has 1 aromatic heterocycles. The molecule has 1 saturated carbocycles. The van der Waals surface area contributed by atoms with Crippen molar-refractivity contribution in [2.45, 2.75) is 74.7 Å². The molecule has 1 aromatic rings. The van der Waals surface area contributed by atoms with E-state index in [4.69, 9.17) is 0 Å². The third kappa shape index (κ3) is 4.97. The molecular weight excluding hydrogens is 334 g/mol. The van der Waals surface area contributed by atoms with E-state index in [0.29, 0.717) is 12.0 Å². The second-order valence-electron chi connectivity index (χ2n) is 7.36. The summed E-state index contributed by atoms with van der Waals surface area (Å²) in [5.74, 6) is 1.89. The van der Waals surface area contributed by atoms with Crippen LogP contribution in [0.5, 0.6) is 0 Å². The van der Waals surface area contributed by atoms with Gasteiger partial charge in [-0.1, -0.05) is 31.5 Å². The van der Waals surface area contributed by atoms with Gasteiger partial charge in [-0.05, 0) is 51.1 Å². The second-order valence-corrected chi connectivity index (χ2v) is 8.53. The zero-order valence-electron chi connectivity index (χ0n) is 15.5. The van der Waals surface area contributed by atoms with E-state index in [9.17, 15) is 4.79 Å². The minimum Gasteiger partial charge on any atom is -0.352 e. The number of nitrogens with one attached hydrogen (secondary N) is 2. The minimum atomic E-state index is -0.0877. The number of piperidine rings is 1. The van der Waals surface area contributed by atoms with Crippen LogP contribution in [-0.4, -0.2) is 45.1 Å². The number of hydrogen-bond donors (Lipinski definition) is 2. The summed E-state index contributed by atoms with van der Waals surface area (Å²) in [5, 5.41) is 16.2. The third-order valence-electron chi connectivity index (χ3n) is 5.47. The molecule has 2 heterocycles. The Balaban J connectivity index is 1.57. The number of hydrogen-bond acceptors (Lipinski definition) is 5. The van der Waals surface area contributed by atoms with Crippen LogP contribution in [0.15, 0.2) is 5.16 Å². The molecule has 3 rings (SSSR count). The van der Waals surface area contributed by atoms with Gasteiger partial charge in [0.1, 0.15) is 5.82 Å². The molecule has 1 amide bonds. The van der Waals surface area contributed by atoms with Crippen LogP contribution >= 0.6 is 11.8 Å². The summed E-state index contributed by atoms with van der Waals surface area (Å²) in [7, 11) is 2.03. The maximum absolute atomic E-state index is 12.6. The lowest BCUT2D eigenvalue weighted by Gasteiger charge is -2.22. The Hall–Kier alpha value is -1.08. The molecule has 1 aliphatic heterocycles. The molecule has 25 heavy (non-hydrogen) atoms. The number of carbonyl (C=O) groups is 1. The summed E-state index contributed by atoms with van der Waals surface area (Å²) >= 11 is 1.55. The lowest BCUT2D eigenvalue weighted by Crippen LogP contribution is -2.38. The van der Waals surface area contributed by atoms with Crippen molar-refractivity contribution in [3.63, 3.8) is 0 Å². The van der Waals surface area contributed by atoms with Crippen molar-refractivity contribution < 1.29 is 4.79 Å². The van der Waals surface area contributed by atoms with E-state index in [0.717, 1.165) is 49.8 Å². The van der Waals surface area contributed by atoms with Gasteiger partial charge >= 0.3 is 0 Å². The normalized spacial score (nSPS) is 20.7. The number of amides is 1. The third-order valence-corrected chi connectivity index (χ3v) is 6.87. The van der Waals surface area contributed by atoms with Crippen LogP contribution in [0.25, 0.3) is 0 Å². The zero-order valence-corrected chi connectivity index (χ0v) is 16.3. The van der Waals surface area contributed by atoms with Crippen LogP contribution in [0.3, 0.4) is 0 Å². The average Bonchev–Trinajstić information content (AvgIpc) is 3.25. The summed E-state index contributed by atoms with van der Waals surface area (Å²) in [5.41, 5.74) is 0.